The average molecular weight is 237 g/mol. The van der Waals surface area contributed by atoms with E-state index in [-0.39, 0.29) is 11.9 Å². The summed E-state index contributed by atoms with van der Waals surface area (Å²) in [6.07, 6.45) is 8.49. The van der Waals surface area contributed by atoms with E-state index < -0.39 is 0 Å². The zero-order valence-electron chi connectivity index (χ0n) is 9.03. The summed E-state index contributed by atoms with van der Waals surface area (Å²) in [5.41, 5.74) is 0.469. The number of hydrogen-bond acceptors (Lipinski definition) is 2. The van der Waals surface area contributed by atoms with Crippen LogP contribution < -0.4 is 5.32 Å². The van der Waals surface area contributed by atoms with Gasteiger partial charge in [-0.25, -0.2) is 4.98 Å². The maximum Gasteiger partial charge on any atom is 0.252 e. The van der Waals surface area contributed by atoms with E-state index in [1.54, 1.807) is 6.07 Å². The van der Waals surface area contributed by atoms with E-state index in [2.05, 4.69) is 16.2 Å². The Morgan fingerprint density at radius 2 is 2.50 bits per heavy atom. The molecule has 1 N–H and O–H groups in total. The quantitative estimate of drug-likeness (QED) is 0.644. The van der Waals surface area contributed by atoms with Crippen LogP contribution in [0.5, 0.6) is 0 Å². The van der Waals surface area contributed by atoms with Crippen LogP contribution in [0.25, 0.3) is 0 Å². The highest BCUT2D eigenvalue weighted by Gasteiger charge is 2.10. The first-order valence-corrected chi connectivity index (χ1v) is 5.43. The number of carbonyl (C=O) groups is 1. The lowest BCUT2D eigenvalue weighted by atomic mass is 10.1. The summed E-state index contributed by atoms with van der Waals surface area (Å²) >= 11 is 5.69. The Kier molecular flexibility index (Phi) is 4.81. The molecular formula is C12H13ClN2O. The van der Waals surface area contributed by atoms with Gasteiger partial charge in [-0.2, -0.15) is 0 Å². The molecule has 0 aliphatic rings. The highest BCUT2D eigenvalue weighted by atomic mass is 35.5. The van der Waals surface area contributed by atoms with Crippen LogP contribution in [0.3, 0.4) is 0 Å². The monoisotopic (exact) mass is 236 g/mol. The zero-order chi connectivity index (χ0) is 12.0. The predicted octanol–water partition coefficient (Wildman–Crippen LogP) is 2.27. The van der Waals surface area contributed by atoms with Crippen LogP contribution in [0.4, 0.5) is 0 Å². The van der Waals surface area contributed by atoms with E-state index in [0.717, 1.165) is 12.8 Å². The van der Waals surface area contributed by atoms with Gasteiger partial charge in [0.1, 0.15) is 5.15 Å². The van der Waals surface area contributed by atoms with Crippen molar-refractivity contribution in [2.24, 2.45) is 0 Å². The number of carbonyl (C=O) groups excluding carboxylic acids is 1. The third kappa shape index (κ3) is 3.56. The second kappa shape index (κ2) is 6.14. The van der Waals surface area contributed by atoms with Crippen molar-refractivity contribution in [2.45, 2.75) is 25.8 Å². The van der Waals surface area contributed by atoms with Crippen molar-refractivity contribution >= 4 is 17.5 Å². The van der Waals surface area contributed by atoms with Gasteiger partial charge in [0.15, 0.2) is 0 Å². The highest BCUT2D eigenvalue weighted by molar-refractivity contribution is 6.29. The van der Waals surface area contributed by atoms with Crippen molar-refractivity contribution in [3.05, 3.63) is 29.0 Å². The summed E-state index contributed by atoms with van der Waals surface area (Å²) in [6, 6.07) is 2.88. The van der Waals surface area contributed by atoms with Gasteiger partial charge in [0.05, 0.1) is 6.04 Å². The number of amides is 1. The molecule has 1 unspecified atom stereocenters. The summed E-state index contributed by atoms with van der Waals surface area (Å²) in [6.45, 7) is 2.01. The van der Waals surface area contributed by atoms with Crippen molar-refractivity contribution in [1.29, 1.82) is 0 Å². The van der Waals surface area contributed by atoms with Gasteiger partial charge in [0.2, 0.25) is 0 Å². The van der Waals surface area contributed by atoms with Crippen molar-refractivity contribution in [3.8, 4) is 12.3 Å². The number of halogens is 1. The van der Waals surface area contributed by atoms with Crippen molar-refractivity contribution in [3.63, 3.8) is 0 Å². The fraction of sp³-hybridized carbons (Fsp3) is 0.333. The SMILES string of the molecule is C#CC(CCC)NC(=O)c1ccnc(Cl)c1. The Labute approximate surface area is 100 Å². The molecule has 1 aromatic rings. The first-order valence-electron chi connectivity index (χ1n) is 5.06. The molecule has 0 bridgehead atoms. The standard InChI is InChI=1S/C12H13ClN2O/c1-3-5-10(4-2)15-12(16)9-6-7-14-11(13)8-9/h2,6-8,10H,3,5H2,1H3,(H,15,16). The maximum absolute atomic E-state index is 11.7. The Hall–Kier alpha value is -1.53. The lowest BCUT2D eigenvalue weighted by Crippen LogP contribution is -2.33. The highest BCUT2D eigenvalue weighted by Crippen LogP contribution is 2.07. The molecule has 0 spiro atoms. The summed E-state index contributed by atoms with van der Waals surface area (Å²) in [5.74, 6) is 2.32. The van der Waals surface area contributed by atoms with E-state index in [0.29, 0.717) is 10.7 Å². The number of hydrogen-bond donors (Lipinski definition) is 1. The van der Waals surface area contributed by atoms with E-state index in [9.17, 15) is 4.79 Å². The van der Waals surface area contributed by atoms with Gasteiger partial charge in [-0.15, -0.1) is 6.42 Å². The molecule has 1 atom stereocenters. The Balaban J connectivity index is 2.69. The predicted molar refractivity (Wildman–Crippen MR) is 64.2 cm³/mol. The molecule has 0 aromatic carbocycles. The fourth-order valence-electron chi connectivity index (χ4n) is 1.27. The number of rotatable bonds is 4. The normalized spacial score (nSPS) is 11.6. The number of pyridine rings is 1. The number of nitrogens with zero attached hydrogens (tertiary/aromatic N) is 1. The second-order valence-electron chi connectivity index (χ2n) is 3.35. The van der Waals surface area contributed by atoms with Crippen molar-refractivity contribution in [2.75, 3.05) is 0 Å². The van der Waals surface area contributed by atoms with Crippen LogP contribution in [0.1, 0.15) is 30.1 Å². The van der Waals surface area contributed by atoms with Crippen LogP contribution in [-0.2, 0) is 0 Å². The number of aromatic nitrogens is 1. The molecule has 0 saturated heterocycles. The summed E-state index contributed by atoms with van der Waals surface area (Å²) in [5, 5.41) is 3.04. The minimum atomic E-state index is -0.232. The average Bonchev–Trinajstić information content (AvgIpc) is 2.28. The Morgan fingerprint density at radius 1 is 1.75 bits per heavy atom. The zero-order valence-corrected chi connectivity index (χ0v) is 9.79. The van der Waals surface area contributed by atoms with E-state index >= 15 is 0 Å². The van der Waals surface area contributed by atoms with Crippen LogP contribution >= 0.6 is 11.6 Å². The lowest BCUT2D eigenvalue weighted by Gasteiger charge is -2.11. The molecule has 16 heavy (non-hydrogen) atoms. The molecule has 3 nitrogen and oxygen atoms in total. The van der Waals surface area contributed by atoms with Gasteiger partial charge in [-0.1, -0.05) is 30.9 Å². The summed E-state index contributed by atoms with van der Waals surface area (Å²) < 4.78 is 0. The number of nitrogens with one attached hydrogen (secondary N) is 1. The molecule has 4 heteroatoms. The molecule has 1 amide bonds. The van der Waals surface area contributed by atoms with Gasteiger partial charge in [0.25, 0.3) is 5.91 Å². The third-order valence-corrected chi connectivity index (χ3v) is 2.28. The minimum absolute atomic E-state index is 0.222. The van der Waals surface area contributed by atoms with Crippen LogP contribution in [0, 0.1) is 12.3 Å². The first kappa shape index (κ1) is 12.5. The molecular weight excluding hydrogens is 224 g/mol. The van der Waals surface area contributed by atoms with Gasteiger partial charge < -0.3 is 5.32 Å². The summed E-state index contributed by atoms with van der Waals surface area (Å²) in [7, 11) is 0. The van der Waals surface area contributed by atoms with Crippen molar-refractivity contribution in [1.82, 2.24) is 10.3 Å². The van der Waals surface area contributed by atoms with E-state index in [4.69, 9.17) is 18.0 Å². The number of terminal acetylenes is 1. The fourth-order valence-corrected chi connectivity index (χ4v) is 1.45. The molecule has 0 fully saturated rings. The van der Waals surface area contributed by atoms with Gasteiger partial charge in [-0.3, -0.25) is 4.79 Å². The molecule has 1 rings (SSSR count). The largest absolute Gasteiger partial charge is 0.338 e. The molecule has 0 radical (unpaired) electrons. The van der Waals surface area contributed by atoms with Gasteiger partial charge in [-0.05, 0) is 18.6 Å². The molecule has 0 saturated carbocycles. The van der Waals surface area contributed by atoms with Crippen LogP contribution in [0.15, 0.2) is 18.3 Å². The van der Waals surface area contributed by atoms with Crippen molar-refractivity contribution < 1.29 is 4.79 Å². The van der Waals surface area contributed by atoms with E-state index in [1.807, 2.05) is 6.92 Å². The summed E-state index contributed by atoms with van der Waals surface area (Å²) in [4.78, 5) is 15.6. The molecule has 1 aromatic heterocycles. The third-order valence-electron chi connectivity index (χ3n) is 2.07. The maximum atomic E-state index is 11.7. The first-order chi connectivity index (χ1) is 7.67. The van der Waals surface area contributed by atoms with Crippen LogP contribution in [0.2, 0.25) is 5.15 Å². The van der Waals surface area contributed by atoms with Gasteiger partial charge in [0, 0.05) is 11.8 Å². The smallest absolute Gasteiger partial charge is 0.252 e. The van der Waals surface area contributed by atoms with Gasteiger partial charge >= 0.3 is 0 Å². The molecule has 1 heterocycles. The Bertz CT molecular complexity index is 412. The topological polar surface area (TPSA) is 42.0 Å². The second-order valence-corrected chi connectivity index (χ2v) is 3.74. The molecule has 0 aliphatic heterocycles. The lowest BCUT2D eigenvalue weighted by molar-refractivity contribution is 0.0944. The van der Waals surface area contributed by atoms with E-state index in [1.165, 1.54) is 12.3 Å². The Morgan fingerprint density at radius 3 is 3.06 bits per heavy atom. The minimum Gasteiger partial charge on any atom is -0.338 e. The molecule has 0 aliphatic carbocycles. The molecule has 84 valence electrons. The van der Waals surface area contributed by atoms with Crippen LogP contribution in [-0.4, -0.2) is 16.9 Å².